The van der Waals surface area contributed by atoms with E-state index in [2.05, 4.69) is 39.1 Å². The van der Waals surface area contributed by atoms with Crippen molar-refractivity contribution in [3.63, 3.8) is 0 Å². The molecule has 2 N–H and O–H groups in total. The van der Waals surface area contributed by atoms with Gasteiger partial charge in [-0.2, -0.15) is 0 Å². The quantitative estimate of drug-likeness (QED) is 0.798. The molecule has 2 aliphatic rings. The molecule has 2 unspecified atom stereocenters. The average Bonchev–Trinajstić information content (AvgIpc) is 2.89. The highest BCUT2D eigenvalue weighted by atomic mass is 16.5. The van der Waals surface area contributed by atoms with Crippen LogP contribution in [0.2, 0.25) is 0 Å². The van der Waals surface area contributed by atoms with E-state index in [-0.39, 0.29) is 17.1 Å². The first kappa shape index (κ1) is 20.8. The third-order valence-electron chi connectivity index (χ3n) is 6.04. The first-order valence-corrected chi connectivity index (χ1v) is 10.2. The lowest BCUT2D eigenvalue weighted by atomic mass is 9.77. The predicted molar refractivity (Wildman–Crippen MR) is 117 cm³/mol. The number of rotatable bonds is 3. The summed E-state index contributed by atoms with van der Waals surface area (Å²) in [6.45, 7) is 8.34. The Morgan fingerprint density at radius 3 is 2.43 bits per heavy atom. The Hall–Kier alpha value is -2.47. The normalized spacial score (nSPS) is 28.3. The summed E-state index contributed by atoms with van der Waals surface area (Å²) in [5, 5.41) is 14.7. The van der Waals surface area contributed by atoms with Crippen LogP contribution in [-0.2, 0) is 19.9 Å². The maximum Gasteiger partial charge on any atom is 0.257 e. The molecule has 4 rings (SSSR count). The van der Waals surface area contributed by atoms with Crippen LogP contribution in [0.3, 0.4) is 0 Å². The van der Waals surface area contributed by atoms with E-state index in [1.807, 2.05) is 48.5 Å². The zero-order valence-corrected chi connectivity index (χ0v) is 18.2. The van der Waals surface area contributed by atoms with Crippen LogP contribution in [0.4, 0.5) is 5.69 Å². The molecule has 30 heavy (non-hydrogen) atoms. The van der Waals surface area contributed by atoms with Crippen molar-refractivity contribution >= 4 is 17.7 Å². The van der Waals surface area contributed by atoms with Crippen molar-refractivity contribution < 1.29 is 19.4 Å². The van der Waals surface area contributed by atoms with Gasteiger partial charge in [-0.3, -0.25) is 4.79 Å². The number of aliphatic hydroxyl groups is 1. The number of hydrogen-bond acceptors (Lipinski definition) is 4. The Bertz CT molecular complexity index is 1010. The smallest absolute Gasteiger partial charge is 0.257 e. The van der Waals surface area contributed by atoms with Crippen molar-refractivity contribution in [3.05, 3.63) is 70.8 Å². The van der Waals surface area contributed by atoms with Crippen molar-refractivity contribution in [2.75, 3.05) is 12.4 Å². The van der Waals surface area contributed by atoms with Gasteiger partial charge in [-0.05, 0) is 62.9 Å². The summed E-state index contributed by atoms with van der Waals surface area (Å²) in [5.41, 5.74) is 1.78. The van der Waals surface area contributed by atoms with E-state index in [0.29, 0.717) is 16.8 Å². The predicted octanol–water partition coefficient (Wildman–Crippen LogP) is 4.25. The summed E-state index contributed by atoms with van der Waals surface area (Å²) in [6, 6.07) is 14.9. The number of fused-ring (bicyclic) bond motifs is 1. The molecule has 2 aromatic rings. The molecule has 2 aliphatic heterocycles. The first-order chi connectivity index (χ1) is 14.1. The Morgan fingerprint density at radius 2 is 1.83 bits per heavy atom. The van der Waals surface area contributed by atoms with Crippen molar-refractivity contribution in [3.8, 4) is 0 Å². The van der Waals surface area contributed by atoms with Gasteiger partial charge in [-0.1, -0.05) is 42.5 Å². The highest BCUT2D eigenvalue weighted by Gasteiger charge is 2.50. The molecule has 0 spiro atoms. The minimum Gasteiger partial charge on any atom is -0.377 e. The Balaban J connectivity index is 1.86. The summed E-state index contributed by atoms with van der Waals surface area (Å²) in [5.74, 6) is -0.366. The van der Waals surface area contributed by atoms with Crippen LogP contribution >= 0.6 is 0 Å². The standard InChI is InChI=1S/C25H29NO4/c1-23(2)15-18(24(3,4)30-23)13-16-11-12-20-19(14-16)25(28,17-9-7-6-8-10-17)21(29-5)22(27)26-20/h6-14,21,28H,15H2,1-5H3,(H,26,27). The Morgan fingerprint density at radius 1 is 1.13 bits per heavy atom. The molecule has 1 amide bonds. The number of carbonyl (C=O) groups is 1. The van der Waals surface area contributed by atoms with Gasteiger partial charge < -0.3 is 19.9 Å². The van der Waals surface area contributed by atoms with Gasteiger partial charge in [0.05, 0.1) is 11.2 Å². The van der Waals surface area contributed by atoms with Crippen molar-refractivity contribution in [2.24, 2.45) is 0 Å². The van der Waals surface area contributed by atoms with Crippen LogP contribution in [0, 0.1) is 0 Å². The monoisotopic (exact) mass is 407 g/mol. The molecule has 0 saturated carbocycles. The highest BCUT2D eigenvalue weighted by molar-refractivity contribution is 5.99. The van der Waals surface area contributed by atoms with Crippen LogP contribution in [-0.4, -0.2) is 35.4 Å². The molecule has 0 aliphatic carbocycles. The average molecular weight is 408 g/mol. The number of anilines is 1. The summed E-state index contributed by atoms with van der Waals surface area (Å²) in [7, 11) is 1.44. The van der Waals surface area contributed by atoms with Crippen molar-refractivity contribution in [1.29, 1.82) is 0 Å². The minimum absolute atomic E-state index is 0.219. The molecule has 2 heterocycles. The number of carbonyl (C=O) groups excluding carboxylic acids is 1. The largest absolute Gasteiger partial charge is 0.377 e. The van der Waals surface area contributed by atoms with E-state index in [1.54, 1.807) is 0 Å². The molecular weight excluding hydrogens is 378 g/mol. The zero-order chi connectivity index (χ0) is 21.7. The Kier molecular flexibility index (Phi) is 4.88. The van der Waals surface area contributed by atoms with Crippen LogP contribution in [0.5, 0.6) is 0 Å². The molecule has 158 valence electrons. The molecule has 5 heteroatoms. The van der Waals surface area contributed by atoms with Gasteiger partial charge in [0.25, 0.3) is 5.91 Å². The number of nitrogens with one attached hydrogen (secondary N) is 1. The molecule has 5 nitrogen and oxygen atoms in total. The van der Waals surface area contributed by atoms with E-state index in [9.17, 15) is 9.90 Å². The maximum atomic E-state index is 12.7. The lowest BCUT2D eigenvalue weighted by Crippen LogP contribution is -2.52. The maximum absolute atomic E-state index is 12.7. The van der Waals surface area contributed by atoms with Crippen molar-refractivity contribution in [2.45, 2.75) is 57.0 Å². The second-order valence-corrected chi connectivity index (χ2v) is 9.26. The fraction of sp³-hybridized carbons (Fsp3) is 0.400. The first-order valence-electron chi connectivity index (χ1n) is 10.2. The van der Waals surface area contributed by atoms with E-state index in [1.165, 1.54) is 12.7 Å². The summed E-state index contributed by atoms with van der Waals surface area (Å²) < 4.78 is 11.7. The molecule has 1 fully saturated rings. The van der Waals surface area contributed by atoms with Gasteiger partial charge in [-0.15, -0.1) is 0 Å². The lowest BCUT2D eigenvalue weighted by Gasteiger charge is -2.40. The zero-order valence-electron chi connectivity index (χ0n) is 18.2. The number of amides is 1. The fourth-order valence-corrected chi connectivity index (χ4v) is 4.77. The van der Waals surface area contributed by atoms with E-state index in [0.717, 1.165) is 12.0 Å². The summed E-state index contributed by atoms with van der Waals surface area (Å²) in [6.07, 6.45) is 1.90. The topological polar surface area (TPSA) is 67.8 Å². The SMILES string of the molecule is COC1C(=O)Nc2ccc(C=C3CC(C)(C)OC3(C)C)cc2C1(O)c1ccccc1. The van der Waals surface area contributed by atoms with Gasteiger partial charge in [-0.25, -0.2) is 0 Å². The number of ether oxygens (including phenoxy) is 2. The van der Waals surface area contributed by atoms with E-state index < -0.39 is 11.7 Å². The van der Waals surface area contributed by atoms with E-state index >= 15 is 0 Å². The number of benzene rings is 2. The third-order valence-corrected chi connectivity index (χ3v) is 6.04. The molecular formula is C25H29NO4. The molecule has 0 bridgehead atoms. The van der Waals surface area contributed by atoms with Gasteiger partial charge in [0.2, 0.25) is 0 Å². The second kappa shape index (κ2) is 7.05. The number of hydrogen-bond donors (Lipinski definition) is 2. The van der Waals surface area contributed by atoms with Gasteiger partial charge in [0.1, 0.15) is 0 Å². The lowest BCUT2D eigenvalue weighted by molar-refractivity contribution is -0.142. The van der Waals surface area contributed by atoms with Gasteiger partial charge >= 0.3 is 0 Å². The Labute approximate surface area is 177 Å². The summed E-state index contributed by atoms with van der Waals surface area (Å²) >= 11 is 0. The molecule has 0 aromatic heterocycles. The fourth-order valence-electron chi connectivity index (χ4n) is 4.77. The van der Waals surface area contributed by atoms with Crippen LogP contribution < -0.4 is 5.32 Å². The van der Waals surface area contributed by atoms with E-state index in [4.69, 9.17) is 9.47 Å². The highest BCUT2D eigenvalue weighted by Crippen LogP contribution is 2.45. The van der Waals surface area contributed by atoms with Crippen LogP contribution in [0.15, 0.2) is 54.1 Å². The number of methoxy groups -OCH3 is 1. The molecule has 0 radical (unpaired) electrons. The molecule has 2 atom stereocenters. The van der Waals surface area contributed by atoms with Gasteiger partial charge in [0, 0.05) is 18.4 Å². The van der Waals surface area contributed by atoms with Crippen LogP contribution in [0.1, 0.15) is 50.8 Å². The molecule has 1 saturated heterocycles. The second-order valence-electron chi connectivity index (χ2n) is 9.26. The van der Waals surface area contributed by atoms with Crippen molar-refractivity contribution in [1.82, 2.24) is 0 Å². The molecule has 2 aromatic carbocycles. The van der Waals surface area contributed by atoms with Gasteiger partial charge in [0.15, 0.2) is 11.7 Å². The summed E-state index contributed by atoms with van der Waals surface area (Å²) in [4.78, 5) is 12.7. The third kappa shape index (κ3) is 3.37. The van der Waals surface area contributed by atoms with Crippen LogP contribution in [0.25, 0.3) is 6.08 Å². The minimum atomic E-state index is -1.59.